The average molecular weight is 255 g/mol. The van der Waals surface area contributed by atoms with E-state index < -0.39 is 6.10 Å². The fourth-order valence-electron chi connectivity index (χ4n) is 2.04. The van der Waals surface area contributed by atoms with Crippen LogP contribution in [0.3, 0.4) is 0 Å². The van der Waals surface area contributed by atoms with Gasteiger partial charge in [0.15, 0.2) is 5.13 Å². The highest BCUT2D eigenvalue weighted by Crippen LogP contribution is 2.26. The average Bonchev–Trinajstić information content (AvgIpc) is 2.96. The number of anilines is 1. The number of hydrogen-bond donors (Lipinski definition) is 1. The Kier molecular flexibility index (Phi) is 4.36. The fourth-order valence-corrected chi connectivity index (χ4v) is 2.88. The normalized spacial score (nSPS) is 18.5. The SMILES string of the molecule is CC(O)c1cnc(N(C)CCN2CCCC2)s1. The Balaban J connectivity index is 1.83. The molecule has 5 heteroatoms. The van der Waals surface area contributed by atoms with Gasteiger partial charge in [-0.2, -0.15) is 0 Å². The second-order valence-corrected chi connectivity index (χ2v) is 5.73. The van der Waals surface area contributed by atoms with Crippen LogP contribution in [0.1, 0.15) is 30.7 Å². The smallest absolute Gasteiger partial charge is 0.185 e. The molecule has 4 nitrogen and oxygen atoms in total. The van der Waals surface area contributed by atoms with Crippen LogP contribution in [0.5, 0.6) is 0 Å². The number of nitrogens with zero attached hydrogens (tertiary/aromatic N) is 3. The molecule has 96 valence electrons. The van der Waals surface area contributed by atoms with Gasteiger partial charge >= 0.3 is 0 Å². The molecule has 0 aromatic carbocycles. The quantitative estimate of drug-likeness (QED) is 0.870. The maximum Gasteiger partial charge on any atom is 0.185 e. The van der Waals surface area contributed by atoms with Crippen molar-refractivity contribution in [3.63, 3.8) is 0 Å². The van der Waals surface area contributed by atoms with Gasteiger partial charge in [-0.3, -0.25) is 0 Å². The van der Waals surface area contributed by atoms with Gasteiger partial charge in [0.2, 0.25) is 0 Å². The molecule has 0 saturated carbocycles. The van der Waals surface area contributed by atoms with Crippen LogP contribution in [0.15, 0.2) is 6.20 Å². The van der Waals surface area contributed by atoms with E-state index in [0.717, 1.165) is 23.1 Å². The van der Waals surface area contributed by atoms with E-state index >= 15 is 0 Å². The lowest BCUT2D eigenvalue weighted by Gasteiger charge is -2.20. The van der Waals surface area contributed by atoms with E-state index in [9.17, 15) is 5.11 Å². The first-order chi connectivity index (χ1) is 8.16. The fraction of sp³-hybridized carbons (Fsp3) is 0.750. The number of thiazole rings is 1. The van der Waals surface area contributed by atoms with E-state index in [1.54, 1.807) is 24.5 Å². The second-order valence-electron chi connectivity index (χ2n) is 4.69. The molecule has 1 saturated heterocycles. The van der Waals surface area contributed by atoms with Crippen LogP contribution in [0.4, 0.5) is 5.13 Å². The molecule has 1 aliphatic heterocycles. The monoisotopic (exact) mass is 255 g/mol. The lowest BCUT2D eigenvalue weighted by molar-refractivity contribution is 0.203. The Morgan fingerprint density at radius 2 is 2.24 bits per heavy atom. The number of aliphatic hydroxyl groups is 1. The minimum Gasteiger partial charge on any atom is -0.388 e. The zero-order valence-corrected chi connectivity index (χ0v) is 11.4. The van der Waals surface area contributed by atoms with Crippen LogP contribution in [-0.4, -0.2) is 48.2 Å². The molecule has 1 unspecified atom stereocenters. The standard InChI is InChI=1S/C12H21N3OS/c1-10(16)11-9-13-12(17-11)14(2)7-8-15-5-3-4-6-15/h9-10,16H,3-8H2,1-2H3. The molecule has 0 radical (unpaired) electrons. The number of aromatic nitrogens is 1. The first-order valence-corrected chi connectivity index (χ1v) is 7.06. The van der Waals surface area contributed by atoms with Crippen molar-refractivity contribution in [3.05, 3.63) is 11.1 Å². The molecular formula is C12H21N3OS. The molecule has 1 aromatic rings. The molecule has 0 aliphatic carbocycles. The summed E-state index contributed by atoms with van der Waals surface area (Å²) in [5, 5.41) is 10.5. The third kappa shape index (κ3) is 3.40. The Bertz CT molecular complexity index is 347. The largest absolute Gasteiger partial charge is 0.388 e. The highest BCUT2D eigenvalue weighted by molar-refractivity contribution is 7.15. The van der Waals surface area contributed by atoms with Crippen LogP contribution >= 0.6 is 11.3 Å². The third-order valence-electron chi connectivity index (χ3n) is 3.20. The van der Waals surface area contributed by atoms with Crippen LogP contribution in [0, 0.1) is 0 Å². The summed E-state index contributed by atoms with van der Waals surface area (Å²) >= 11 is 1.58. The number of likely N-dealkylation sites (N-methyl/N-ethyl adjacent to an activating group) is 1. The minimum atomic E-state index is -0.409. The van der Waals surface area contributed by atoms with Gasteiger partial charge in [-0.15, -0.1) is 0 Å². The molecule has 2 rings (SSSR count). The molecule has 1 N–H and O–H groups in total. The van der Waals surface area contributed by atoms with Gasteiger partial charge in [-0.1, -0.05) is 11.3 Å². The summed E-state index contributed by atoms with van der Waals surface area (Å²) in [6.07, 6.45) is 4.05. The molecule has 0 spiro atoms. The van der Waals surface area contributed by atoms with Crippen molar-refractivity contribution in [2.24, 2.45) is 0 Å². The van der Waals surface area contributed by atoms with Crippen LogP contribution < -0.4 is 4.90 Å². The third-order valence-corrected chi connectivity index (χ3v) is 4.48. The van der Waals surface area contributed by atoms with Gasteiger partial charge in [0.1, 0.15) is 0 Å². The maximum absolute atomic E-state index is 9.46. The number of hydrogen-bond acceptors (Lipinski definition) is 5. The molecule has 2 heterocycles. The Labute approximate surface area is 107 Å². The summed E-state index contributed by atoms with van der Waals surface area (Å²) in [4.78, 5) is 9.96. The summed E-state index contributed by atoms with van der Waals surface area (Å²) in [6, 6.07) is 0. The first-order valence-electron chi connectivity index (χ1n) is 6.24. The molecule has 1 atom stereocenters. The lowest BCUT2D eigenvalue weighted by Crippen LogP contribution is -2.31. The van der Waals surface area contributed by atoms with E-state index in [4.69, 9.17) is 0 Å². The van der Waals surface area contributed by atoms with Gasteiger partial charge in [-0.05, 0) is 32.9 Å². The minimum absolute atomic E-state index is 0.409. The molecule has 0 amide bonds. The highest BCUT2D eigenvalue weighted by Gasteiger charge is 2.14. The predicted molar refractivity (Wildman–Crippen MR) is 71.7 cm³/mol. The summed E-state index contributed by atoms with van der Waals surface area (Å²) in [5.41, 5.74) is 0. The van der Waals surface area contributed by atoms with Crippen molar-refractivity contribution in [2.75, 3.05) is 38.1 Å². The molecule has 17 heavy (non-hydrogen) atoms. The molecule has 1 aromatic heterocycles. The summed E-state index contributed by atoms with van der Waals surface area (Å²) in [5.74, 6) is 0. The lowest BCUT2D eigenvalue weighted by atomic mass is 10.4. The molecule has 1 aliphatic rings. The van der Waals surface area contributed by atoms with Crippen molar-refractivity contribution in [2.45, 2.75) is 25.9 Å². The van der Waals surface area contributed by atoms with E-state index in [1.807, 2.05) is 0 Å². The van der Waals surface area contributed by atoms with E-state index in [-0.39, 0.29) is 0 Å². The van der Waals surface area contributed by atoms with Crippen LogP contribution in [-0.2, 0) is 0 Å². The van der Waals surface area contributed by atoms with Crippen LogP contribution in [0.2, 0.25) is 0 Å². The molecular weight excluding hydrogens is 234 g/mol. The van der Waals surface area contributed by atoms with Crippen molar-refractivity contribution in [3.8, 4) is 0 Å². The number of rotatable bonds is 5. The summed E-state index contributed by atoms with van der Waals surface area (Å²) in [6.45, 7) is 6.38. The van der Waals surface area contributed by atoms with Crippen molar-refractivity contribution in [1.29, 1.82) is 0 Å². The predicted octanol–water partition coefficient (Wildman–Crippen LogP) is 1.73. The Morgan fingerprint density at radius 3 is 2.82 bits per heavy atom. The van der Waals surface area contributed by atoms with Gasteiger partial charge in [0.05, 0.1) is 11.0 Å². The van der Waals surface area contributed by atoms with Gasteiger partial charge in [0.25, 0.3) is 0 Å². The highest BCUT2D eigenvalue weighted by atomic mass is 32.1. The number of aliphatic hydroxyl groups excluding tert-OH is 1. The molecule has 0 bridgehead atoms. The van der Waals surface area contributed by atoms with Crippen LogP contribution in [0.25, 0.3) is 0 Å². The Hall–Kier alpha value is -0.650. The zero-order chi connectivity index (χ0) is 12.3. The topological polar surface area (TPSA) is 39.6 Å². The molecule has 1 fully saturated rings. The van der Waals surface area contributed by atoms with E-state index in [0.29, 0.717) is 0 Å². The zero-order valence-electron chi connectivity index (χ0n) is 10.6. The Morgan fingerprint density at radius 1 is 1.53 bits per heavy atom. The maximum atomic E-state index is 9.46. The van der Waals surface area contributed by atoms with Crippen molar-refractivity contribution in [1.82, 2.24) is 9.88 Å². The van der Waals surface area contributed by atoms with Gasteiger partial charge in [0, 0.05) is 26.3 Å². The second kappa shape index (κ2) is 5.80. The number of likely N-dealkylation sites (tertiary alicyclic amines) is 1. The van der Waals surface area contributed by atoms with E-state index in [1.165, 1.54) is 25.9 Å². The summed E-state index contributed by atoms with van der Waals surface area (Å²) < 4.78 is 0. The summed E-state index contributed by atoms with van der Waals surface area (Å²) in [7, 11) is 2.07. The van der Waals surface area contributed by atoms with Gasteiger partial charge in [-0.25, -0.2) is 4.98 Å². The van der Waals surface area contributed by atoms with E-state index in [2.05, 4.69) is 21.8 Å². The first kappa shape index (κ1) is 12.8. The van der Waals surface area contributed by atoms with Crippen molar-refractivity contribution < 1.29 is 5.11 Å². The van der Waals surface area contributed by atoms with Crippen molar-refractivity contribution >= 4 is 16.5 Å². The van der Waals surface area contributed by atoms with Gasteiger partial charge < -0.3 is 14.9 Å².